The molecule has 0 radical (unpaired) electrons. The lowest BCUT2D eigenvalue weighted by molar-refractivity contribution is -0.0241. The minimum atomic E-state index is -1.27. The van der Waals surface area contributed by atoms with Crippen molar-refractivity contribution >= 4 is 111 Å². The molecule has 10 aromatic rings. The third-order valence-corrected chi connectivity index (χ3v) is 13.9. The standard InChI is InChI=1S/C25H19N3O5.C25H17N3O3/c29-15-9-14(22(30)23(15)31)28-13-8-4-2-6-11(13)17-19-18(24(32)27-25(19)33)16-10-5-1-3-7-12(10)26-20(16)21(17)28;29-13-10-9-12(11-13)28-17-8-4-2-6-15(17)19-21-20(24(30)27-25(21)31)18-14-5-1-3-7-16(14)26-22(18)23(19)28/h1-8,14-15,22-23,26,29-31H,9H2,(H,27,32,33);1-10,12-13,26,29H,11H2,(H,27,30,31)/t14?,15-,22+,23-;12?,13-/m10/s1. The van der Waals surface area contributed by atoms with Gasteiger partial charge >= 0.3 is 0 Å². The highest BCUT2D eigenvalue weighted by molar-refractivity contribution is 6.40. The van der Waals surface area contributed by atoms with E-state index in [4.69, 9.17) is 0 Å². The summed E-state index contributed by atoms with van der Waals surface area (Å²) in [4.78, 5) is 58.9. The van der Waals surface area contributed by atoms with E-state index in [0.717, 1.165) is 65.4 Å². The Morgan fingerprint density at radius 2 is 0.906 bits per heavy atom. The van der Waals surface area contributed by atoms with Crippen molar-refractivity contribution in [2.24, 2.45) is 0 Å². The second-order valence-corrected chi connectivity index (χ2v) is 17.2. The number of benzene rings is 6. The molecule has 6 atom stereocenters. The third kappa shape index (κ3) is 4.71. The number of imide groups is 2. The second-order valence-electron chi connectivity index (χ2n) is 17.2. The molecule has 8 N–H and O–H groups in total. The fraction of sp³-hybridized carbons (Fsp3) is 0.160. The number of hydrogen-bond acceptors (Lipinski definition) is 8. The van der Waals surface area contributed by atoms with Crippen LogP contribution in [0.5, 0.6) is 0 Å². The first kappa shape index (κ1) is 37.0. The summed E-state index contributed by atoms with van der Waals surface area (Å²) in [5, 5.41) is 52.8. The van der Waals surface area contributed by atoms with E-state index in [1.807, 2.05) is 114 Å². The molecule has 2 unspecified atom stereocenters. The summed E-state index contributed by atoms with van der Waals surface area (Å²) in [6.07, 6.45) is 0.515. The van der Waals surface area contributed by atoms with Crippen molar-refractivity contribution in [2.45, 2.75) is 49.3 Å². The van der Waals surface area contributed by atoms with Gasteiger partial charge in [0, 0.05) is 71.6 Å². The highest BCUT2D eigenvalue weighted by Crippen LogP contribution is 2.48. The average molecular weight is 849 g/mol. The number of aliphatic hydroxyl groups excluding tert-OH is 4. The molecule has 14 heteroatoms. The van der Waals surface area contributed by atoms with E-state index in [0.29, 0.717) is 50.5 Å². The fourth-order valence-electron chi connectivity index (χ4n) is 11.3. The number of allylic oxidation sites excluding steroid dienone is 1. The molecule has 1 fully saturated rings. The van der Waals surface area contributed by atoms with Gasteiger partial charge < -0.3 is 39.5 Å². The molecule has 6 aromatic carbocycles. The number of para-hydroxylation sites is 4. The molecule has 2 aliphatic heterocycles. The topological polar surface area (TPSA) is 215 Å². The number of fused-ring (bicyclic) bond motifs is 20. The van der Waals surface area contributed by atoms with E-state index in [-0.39, 0.29) is 24.3 Å². The van der Waals surface area contributed by atoms with E-state index in [2.05, 4.69) is 25.2 Å². The second kappa shape index (κ2) is 13.0. The minimum absolute atomic E-state index is 0.0507. The van der Waals surface area contributed by atoms with Crippen molar-refractivity contribution in [1.82, 2.24) is 29.7 Å². The van der Waals surface area contributed by atoms with Crippen LogP contribution in [0.1, 0.15) is 66.4 Å². The number of carbonyl (C=O) groups is 4. The van der Waals surface area contributed by atoms with Gasteiger partial charge in [0.15, 0.2) is 0 Å². The molecule has 14 nitrogen and oxygen atoms in total. The van der Waals surface area contributed by atoms with Gasteiger partial charge in [-0.1, -0.05) is 84.9 Å². The smallest absolute Gasteiger partial charge is 0.259 e. The number of amides is 4. The zero-order valence-corrected chi connectivity index (χ0v) is 33.6. The number of H-pyrrole nitrogens is 2. The first-order valence-corrected chi connectivity index (χ1v) is 21.2. The molecule has 0 saturated heterocycles. The summed E-state index contributed by atoms with van der Waals surface area (Å²) in [5.74, 6) is -1.61. The van der Waals surface area contributed by atoms with Crippen molar-refractivity contribution in [2.75, 3.05) is 0 Å². The molecule has 4 aliphatic rings. The van der Waals surface area contributed by atoms with Gasteiger partial charge in [-0.2, -0.15) is 0 Å². The lowest BCUT2D eigenvalue weighted by atomic mass is 9.96. The molecule has 2 aliphatic carbocycles. The van der Waals surface area contributed by atoms with Crippen molar-refractivity contribution in [1.29, 1.82) is 0 Å². The van der Waals surface area contributed by atoms with Gasteiger partial charge in [-0.15, -0.1) is 0 Å². The Hall–Kier alpha value is -7.62. The fourth-order valence-corrected chi connectivity index (χ4v) is 11.3. The van der Waals surface area contributed by atoms with Crippen LogP contribution in [0.3, 0.4) is 0 Å². The van der Waals surface area contributed by atoms with Crippen molar-refractivity contribution in [3.05, 3.63) is 131 Å². The Balaban J connectivity index is 0.000000129. The number of aromatic nitrogens is 4. The van der Waals surface area contributed by atoms with Gasteiger partial charge in [0.2, 0.25) is 0 Å². The number of nitrogens with one attached hydrogen (secondary N) is 4. The van der Waals surface area contributed by atoms with Crippen LogP contribution < -0.4 is 10.6 Å². The summed E-state index contributed by atoms with van der Waals surface area (Å²) in [6, 6.07) is 30.2. The Morgan fingerprint density at radius 1 is 0.469 bits per heavy atom. The monoisotopic (exact) mass is 848 g/mol. The summed E-state index contributed by atoms with van der Waals surface area (Å²) in [7, 11) is 0. The van der Waals surface area contributed by atoms with Gasteiger partial charge in [-0.3, -0.25) is 29.8 Å². The Bertz CT molecular complexity index is 3830. The van der Waals surface area contributed by atoms with E-state index in [1.165, 1.54) is 0 Å². The summed E-state index contributed by atoms with van der Waals surface area (Å²) < 4.78 is 4.11. The largest absolute Gasteiger partial charge is 0.390 e. The number of carbonyl (C=O) groups excluding carboxylic acids is 4. The lowest BCUT2D eigenvalue weighted by Gasteiger charge is -2.21. The first-order chi connectivity index (χ1) is 31.1. The number of aromatic amines is 2. The highest BCUT2D eigenvalue weighted by atomic mass is 16.4. The van der Waals surface area contributed by atoms with Crippen LogP contribution in [-0.2, 0) is 0 Å². The van der Waals surface area contributed by atoms with Crippen LogP contribution >= 0.6 is 0 Å². The highest BCUT2D eigenvalue weighted by Gasteiger charge is 2.44. The molecule has 0 spiro atoms. The maximum atomic E-state index is 13.1. The van der Waals surface area contributed by atoms with Crippen LogP contribution in [0.15, 0.2) is 109 Å². The summed E-state index contributed by atoms with van der Waals surface area (Å²) in [5.41, 5.74) is 8.06. The Kier molecular flexibility index (Phi) is 7.49. The van der Waals surface area contributed by atoms with Gasteiger partial charge in [0.05, 0.1) is 68.6 Å². The third-order valence-electron chi connectivity index (χ3n) is 13.9. The van der Waals surface area contributed by atoms with Crippen LogP contribution in [-0.4, -0.2) is 87.6 Å². The summed E-state index contributed by atoms with van der Waals surface area (Å²) >= 11 is 0. The molecular weight excluding hydrogens is 813 g/mol. The maximum absolute atomic E-state index is 13.1. The maximum Gasteiger partial charge on any atom is 0.259 e. The molecule has 6 heterocycles. The molecule has 4 aromatic heterocycles. The SMILES string of the molecule is O=C1NC(=O)c2c1c1c3ccccc3[nH]c1c1c2c2ccccc2n1C1C=C[C@H](O)C1.O=C1NC(=O)c2c1c1c3ccccc3[nH]c1c1c2c2ccccc2n1C1C[C@@H](O)[C@@H](O)[C@H]1O. The summed E-state index contributed by atoms with van der Waals surface area (Å²) in [6.45, 7) is 0. The van der Waals surface area contributed by atoms with E-state index in [1.54, 1.807) is 0 Å². The molecule has 1 saturated carbocycles. The predicted octanol–water partition coefficient (Wildman–Crippen LogP) is 6.51. The van der Waals surface area contributed by atoms with Gasteiger partial charge in [-0.25, -0.2) is 0 Å². The number of hydrogen-bond donors (Lipinski definition) is 8. The lowest BCUT2D eigenvalue weighted by Crippen LogP contribution is -2.31. The molecular formula is C50H36N6O8. The van der Waals surface area contributed by atoms with E-state index < -0.39 is 42.3 Å². The predicted molar refractivity (Wildman–Crippen MR) is 242 cm³/mol. The molecule has 64 heavy (non-hydrogen) atoms. The van der Waals surface area contributed by atoms with Crippen molar-refractivity contribution < 1.29 is 39.6 Å². The van der Waals surface area contributed by atoms with Crippen LogP contribution in [0.2, 0.25) is 0 Å². The average Bonchev–Trinajstić information content (AvgIpc) is 4.18. The zero-order valence-electron chi connectivity index (χ0n) is 33.6. The van der Waals surface area contributed by atoms with Gasteiger partial charge in [0.1, 0.15) is 12.2 Å². The van der Waals surface area contributed by atoms with Crippen molar-refractivity contribution in [3.8, 4) is 0 Å². The van der Waals surface area contributed by atoms with Crippen LogP contribution in [0, 0.1) is 0 Å². The van der Waals surface area contributed by atoms with E-state index >= 15 is 0 Å². The number of nitrogens with zero attached hydrogens (tertiary/aromatic N) is 2. The van der Waals surface area contributed by atoms with E-state index in [9.17, 15) is 39.6 Å². The Morgan fingerprint density at radius 3 is 1.38 bits per heavy atom. The molecule has 314 valence electrons. The van der Waals surface area contributed by atoms with Gasteiger partial charge in [-0.05, 0) is 30.7 Å². The first-order valence-electron chi connectivity index (χ1n) is 21.2. The van der Waals surface area contributed by atoms with Crippen LogP contribution in [0.25, 0.3) is 87.2 Å². The molecule has 4 amide bonds. The Labute approximate surface area is 360 Å². The normalized spacial score (nSPS) is 22.9. The molecule has 0 bridgehead atoms. The van der Waals surface area contributed by atoms with Gasteiger partial charge in [0.25, 0.3) is 23.6 Å². The van der Waals surface area contributed by atoms with Crippen LogP contribution in [0.4, 0.5) is 0 Å². The van der Waals surface area contributed by atoms with Crippen molar-refractivity contribution in [3.63, 3.8) is 0 Å². The quantitative estimate of drug-likeness (QED) is 0.0707. The minimum Gasteiger partial charge on any atom is -0.390 e. The zero-order chi connectivity index (χ0) is 43.4. The number of aliphatic hydroxyl groups is 4. The number of rotatable bonds is 2. The molecule has 14 rings (SSSR count).